The van der Waals surface area contributed by atoms with Crippen molar-refractivity contribution in [1.82, 2.24) is 24.7 Å². The average molecular weight is 289 g/mol. The monoisotopic (exact) mass is 289 g/mol. The fourth-order valence-electron chi connectivity index (χ4n) is 2.45. The molecule has 0 spiro atoms. The molecule has 8 nitrogen and oxygen atoms in total. The van der Waals surface area contributed by atoms with Gasteiger partial charge in [0.1, 0.15) is 12.1 Å². The van der Waals surface area contributed by atoms with Crippen molar-refractivity contribution in [3.63, 3.8) is 0 Å². The number of nitrogens with zero attached hydrogens (tertiary/aromatic N) is 6. The van der Waals surface area contributed by atoms with Gasteiger partial charge in [-0.05, 0) is 18.6 Å². The molecule has 0 aliphatic carbocycles. The Morgan fingerprint density at radius 2 is 2.10 bits per heavy atom. The summed E-state index contributed by atoms with van der Waals surface area (Å²) >= 11 is 0. The molecule has 0 radical (unpaired) electrons. The van der Waals surface area contributed by atoms with Crippen molar-refractivity contribution < 1.29 is 4.79 Å². The Morgan fingerprint density at radius 3 is 2.81 bits per heavy atom. The lowest BCUT2D eigenvalue weighted by Crippen LogP contribution is -2.53. The largest absolute Gasteiger partial charge is 0.352 e. The molecule has 0 bridgehead atoms. The van der Waals surface area contributed by atoms with Gasteiger partial charge in [-0.15, -0.1) is 15.3 Å². The van der Waals surface area contributed by atoms with Crippen LogP contribution in [0.15, 0.2) is 18.5 Å². The molecule has 1 fully saturated rings. The van der Waals surface area contributed by atoms with E-state index in [9.17, 15) is 4.79 Å². The number of hydrogen-bond acceptors (Lipinski definition) is 6. The zero-order valence-corrected chi connectivity index (χ0v) is 12.0. The summed E-state index contributed by atoms with van der Waals surface area (Å²) in [6.07, 6.45) is 2.25. The summed E-state index contributed by atoms with van der Waals surface area (Å²) in [6, 6.07) is 3.43. The number of fused-ring (bicyclic) bond motifs is 1. The van der Waals surface area contributed by atoms with Gasteiger partial charge in [0.25, 0.3) is 0 Å². The van der Waals surface area contributed by atoms with Crippen LogP contribution >= 0.6 is 0 Å². The summed E-state index contributed by atoms with van der Waals surface area (Å²) in [6.45, 7) is 4.78. The molecule has 0 unspecified atom stereocenters. The highest BCUT2D eigenvalue weighted by atomic mass is 16.2. The van der Waals surface area contributed by atoms with Crippen molar-refractivity contribution in [2.75, 3.05) is 31.1 Å². The Balaban J connectivity index is 1.66. The van der Waals surface area contributed by atoms with Crippen LogP contribution < -0.4 is 10.6 Å². The van der Waals surface area contributed by atoms with Gasteiger partial charge in [-0.1, -0.05) is 6.92 Å². The molecule has 0 saturated carbocycles. The third-order valence-corrected chi connectivity index (χ3v) is 3.82. The minimum atomic E-state index is -0.386. The first kappa shape index (κ1) is 13.7. The molecule has 2 aromatic rings. The van der Waals surface area contributed by atoms with E-state index in [1.54, 1.807) is 10.8 Å². The first-order valence-electron chi connectivity index (χ1n) is 7.15. The van der Waals surface area contributed by atoms with Gasteiger partial charge in [-0.2, -0.15) is 4.52 Å². The molecule has 1 saturated heterocycles. The van der Waals surface area contributed by atoms with E-state index in [1.165, 1.54) is 0 Å². The van der Waals surface area contributed by atoms with E-state index in [0.717, 1.165) is 24.6 Å². The fraction of sp³-hybridized carbons (Fsp3) is 0.538. The molecule has 3 rings (SSSR count). The molecule has 112 valence electrons. The Hall–Kier alpha value is -2.22. The molecule has 1 atom stereocenters. The summed E-state index contributed by atoms with van der Waals surface area (Å²) in [5, 5.41) is 12.2. The number of amides is 1. The third kappa shape index (κ3) is 2.66. The highest BCUT2D eigenvalue weighted by Crippen LogP contribution is 2.14. The predicted molar refractivity (Wildman–Crippen MR) is 77.8 cm³/mol. The quantitative estimate of drug-likeness (QED) is 0.819. The van der Waals surface area contributed by atoms with Crippen LogP contribution in [0.4, 0.5) is 5.82 Å². The van der Waals surface area contributed by atoms with Crippen molar-refractivity contribution in [1.29, 1.82) is 0 Å². The standard InChI is InChI=1S/C13H19N7O/c1-2-10(14)13(21)19-7-5-18(6-8-19)12-4-3-11-16-15-9-20(11)17-12/h3-4,9-10H,2,5-8,14H2,1H3/t10-/m0/s1. The van der Waals surface area contributed by atoms with Gasteiger partial charge in [-0.25, -0.2) is 0 Å². The number of rotatable bonds is 3. The fourth-order valence-corrected chi connectivity index (χ4v) is 2.45. The Kier molecular flexibility index (Phi) is 3.70. The SMILES string of the molecule is CC[C@H](N)C(=O)N1CCN(c2ccc3nncn3n2)CC1. The summed E-state index contributed by atoms with van der Waals surface area (Å²) in [4.78, 5) is 16.0. The molecular weight excluding hydrogens is 270 g/mol. The van der Waals surface area contributed by atoms with Gasteiger partial charge < -0.3 is 15.5 Å². The predicted octanol–water partition coefficient (Wildman–Crippen LogP) is -0.490. The number of piperazine rings is 1. The van der Waals surface area contributed by atoms with Gasteiger partial charge in [0.05, 0.1) is 6.04 Å². The van der Waals surface area contributed by atoms with Crippen LogP contribution in [0.5, 0.6) is 0 Å². The van der Waals surface area contributed by atoms with E-state index in [1.807, 2.05) is 24.0 Å². The van der Waals surface area contributed by atoms with Gasteiger partial charge in [0.15, 0.2) is 5.65 Å². The number of carbonyl (C=O) groups excluding carboxylic acids is 1. The Bertz CT molecular complexity index is 632. The lowest BCUT2D eigenvalue weighted by Gasteiger charge is -2.36. The maximum absolute atomic E-state index is 12.1. The van der Waals surface area contributed by atoms with E-state index < -0.39 is 0 Å². The van der Waals surface area contributed by atoms with Crippen LogP contribution in [-0.2, 0) is 4.79 Å². The molecule has 1 aliphatic heterocycles. The Morgan fingerprint density at radius 1 is 1.33 bits per heavy atom. The topological polar surface area (TPSA) is 92.7 Å². The van der Waals surface area contributed by atoms with Crippen LogP contribution in [0.25, 0.3) is 5.65 Å². The molecule has 2 N–H and O–H groups in total. The normalized spacial score (nSPS) is 17.2. The van der Waals surface area contributed by atoms with Gasteiger partial charge in [0.2, 0.25) is 5.91 Å². The van der Waals surface area contributed by atoms with Gasteiger partial charge >= 0.3 is 0 Å². The smallest absolute Gasteiger partial charge is 0.239 e. The molecule has 2 aromatic heterocycles. The number of anilines is 1. The minimum absolute atomic E-state index is 0.0411. The summed E-state index contributed by atoms with van der Waals surface area (Å²) in [7, 11) is 0. The van der Waals surface area contributed by atoms with Crippen LogP contribution in [0.2, 0.25) is 0 Å². The van der Waals surface area contributed by atoms with Crippen LogP contribution in [-0.4, -0.2) is 62.8 Å². The minimum Gasteiger partial charge on any atom is -0.352 e. The van der Waals surface area contributed by atoms with Crippen molar-refractivity contribution in [2.45, 2.75) is 19.4 Å². The molecule has 1 amide bonds. The van der Waals surface area contributed by atoms with E-state index in [2.05, 4.69) is 20.2 Å². The molecule has 21 heavy (non-hydrogen) atoms. The number of nitrogens with two attached hydrogens (primary N) is 1. The maximum Gasteiger partial charge on any atom is 0.239 e. The second-order valence-electron chi connectivity index (χ2n) is 5.15. The Labute approximate surface area is 122 Å². The summed E-state index contributed by atoms with van der Waals surface area (Å²) in [5.41, 5.74) is 6.53. The highest BCUT2D eigenvalue weighted by molar-refractivity contribution is 5.81. The van der Waals surface area contributed by atoms with E-state index in [4.69, 9.17) is 5.73 Å². The van der Waals surface area contributed by atoms with E-state index in [0.29, 0.717) is 19.5 Å². The molecular formula is C13H19N7O. The summed E-state index contributed by atoms with van der Waals surface area (Å²) < 4.78 is 1.65. The van der Waals surface area contributed by atoms with Crippen LogP contribution in [0.3, 0.4) is 0 Å². The molecule has 0 aromatic carbocycles. The second kappa shape index (κ2) is 5.65. The van der Waals surface area contributed by atoms with Crippen LogP contribution in [0, 0.1) is 0 Å². The average Bonchev–Trinajstić information content (AvgIpc) is 3.01. The van der Waals surface area contributed by atoms with Crippen LogP contribution in [0.1, 0.15) is 13.3 Å². The van der Waals surface area contributed by atoms with E-state index >= 15 is 0 Å². The molecule has 1 aliphatic rings. The molecule has 8 heteroatoms. The lowest BCUT2D eigenvalue weighted by atomic mass is 10.2. The van der Waals surface area contributed by atoms with Gasteiger partial charge in [0, 0.05) is 26.2 Å². The zero-order valence-electron chi connectivity index (χ0n) is 12.0. The maximum atomic E-state index is 12.1. The summed E-state index contributed by atoms with van der Waals surface area (Å²) in [5.74, 6) is 0.911. The first-order chi connectivity index (χ1) is 10.2. The van der Waals surface area contributed by atoms with Crippen molar-refractivity contribution in [3.8, 4) is 0 Å². The van der Waals surface area contributed by atoms with Crippen molar-refractivity contribution >= 4 is 17.4 Å². The number of hydrogen-bond donors (Lipinski definition) is 1. The van der Waals surface area contributed by atoms with Gasteiger partial charge in [-0.3, -0.25) is 4.79 Å². The number of carbonyl (C=O) groups is 1. The zero-order chi connectivity index (χ0) is 14.8. The number of aromatic nitrogens is 4. The highest BCUT2D eigenvalue weighted by Gasteiger charge is 2.25. The third-order valence-electron chi connectivity index (χ3n) is 3.82. The van der Waals surface area contributed by atoms with E-state index in [-0.39, 0.29) is 11.9 Å². The van der Waals surface area contributed by atoms with Crippen molar-refractivity contribution in [2.24, 2.45) is 5.73 Å². The van der Waals surface area contributed by atoms with Crippen molar-refractivity contribution in [3.05, 3.63) is 18.5 Å². The first-order valence-corrected chi connectivity index (χ1v) is 7.15. The second-order valence-corrected chi connectivity index (χ2v) is 5.15. The molecule has 3 heterocycles. The lowest BCUT2D eigenvalue weighted by molar-refractivity contribution is -0.132.